The van der Waals surface area contributed by atoms with Crippen molar-refractivity contribution in [1.29, 1.82) is 0 Å². The fourth-order valence-electron chi connectivity index (χ4n) is 2.09. The number of benzene rings is 1. The van der Waals surface area contributed by atoms with Crippen LogP contribution >= 0.6 is 0 Å². The van der Waals surface area contributed by atoms with Crippen molar-refractivity contribution in [2.45, 2.75) is 26.2 Å². The van der Waals surface area contributed by atoms with Crippen molar-refractivity contribution in [2.24, 2.45) is 0 Å². The molecule has 1 aromatic heterocycles. The summed E-state index contributed by atoms with van der Waals surface area (Å²) in [4.78, 5) is 18.7. The van der Waals surface area contributed by atoms with Gasteiger partial charge in [-0.1, -0.05) is 13.3 Å². The van der Waals surface area contributed by atoms with Crippen molar-refractivity contribution < 1.29 is 9.47 Å². The quantitative estimate of drug-likeness (QED) is 0.695. The lowest BCUT2D eigenvalue weighted by Gasteiger charge is -2.09. The van der Waals surface area contributed by atoms with Crippen LogP contribution in [0.15, 0.2) is 35.1 Å². The molecule has 0 aliphatic carbocycles. The van der Waals surface area contributed by atoms with Gasteiger partial charge in [0.15, 0.2) is 0 Å². The molecule has 0 saturated carbocycles. The topological polar surface area (TPSA) is 76.2 Å². The molecule has 0 atom stereocenters. The van der Waals surface area contributed by atoms with Gasteiger partial charge in [0, 0.05) is 11.8 Å². The lowest BCUT2D eigenvalue weighted by atomic mass is 10.2. The maximum absolute atomic E-state index is 11.6. The average molecular weight is 317 g/mol. The summed E-state index contributed by atoms with van der Waals surface area (Å²) < 4.78 is 10.7. The Labute approximate surface area is 135 Å². The molecule has 0 unspecified atom stereocenters. The normalized spacial score (nSPS) is 10.3. The van der Waals surface area contributed by atoms with Gasteiger partial charge >= 0.3 is 0 Å². The van der Waals surface area contributed by atoms with Crippen molar-refractivity contribution in [3.8, 4) is 11.5 Å². The van der Waals surface area contributed by atoms with E-state index >= 15 is 0 Å². The van der Waals surface area contributed by atoms with Crippen molar-refractivity contribution in [1.82, 2.24) is 9.97 Å². The molecular formula is C17H23N3O3. The largest absolute Gasteiger partial charge is 0.497 e. The first kappa shape index (κ1) is 16.9. The van der Waals surface area contributed by atoms with E-state index < -0.39 is 0 Å². The molecular weight excluding hydrogens is 294 g/mol. The molecule has 0 radical (unpaired) electrons. The number of methoxy groups -OCH3 is 1. The molecule has 0 saturated heterocycles. The molecule has 0 amide bonds. The summed E-state index contributed by atoms with van der Waals surface area (Å²) in [6, 6.07) is 8.95. The van der Waals surface area contributed by atoms with Crippen LogP contribution in [-0.2, 0) is 6.42 Å². The van der Waals surface area contributed by atoms with E-state index in [0.29, 0.717) is 19.1 Å². The second-order valence-corrected chi connectivity index (χ2v) is 5.14. The Balaban J connectivity index is 1.81. The fourth-order valence-corrected chi connectivity index (χ4v) is 2.09. The Morgan fingerprint density at radius 3 is 2.65 bits per heavy atom. The van der Waals surface area contributed by atoms with Crippen LogP contribution in [0, 0.1) is 0 Å². The molecule has 1 aromatic carbocycles. The van der Waals surface area contributed by atoms with Crippen LogP contribution in [0.4, 0.5) is 5.95 Å². The van der Waals surface area contributed by atoms with E-state index in [1.165, 1.54) is 0 Å². The molecule has 2 N–H and O–H groups in total. The number of rotatable bonds is 9. The van der Waals surface area contributed by atoms with Gasteiger partial charge < -0.3 is 14.8 Å². The van der Waals surface area contributed by atoms with Gasteiger partial charge in [-0.15, -0.1) is 0 Å². The van der Waals surface area contributed by atoms with E-state index in [-0.39, 0.29) is 5.56 Å². The van der Waals surface area contributed by atoms with Crippen molar-refractivity contribution >= 4 is 5.95 Å². The predicted molar refractivity (Wildman–Crippen MR) is 90.4 cm³/mol. The predicted octanol–water partition coefficient (Wildman–Crippen LogP) is 2.61. The number of aromatic amines is 1. The standard InChI is InChI=1S/C17H23N3O3/c1-3-4-5-13-12-16(21)20-17(19-13)18-10-11-23-15-8-6-14(22-2)7-9-15/h6-9,12H,3-5,10-11H2,1-2H3,(H2,18,19,20,21). The molecule has 124 valence electrons. The van der Waals surface area contributed by atoms with Crippen molar-refractivity contribution in [3.63, 3.8) is 0 Å². The van der Waals surface area contributed by atoms with Crippen molar-refractivity contribution in [2.75, 3.05) is 25.6 Å². The van der Waals surface area contributed by atoms with Gasteiger partial charge in [-0.05, 0) is 37.1 Å². The molecule has 0 aliphatic heterocycles. The number of hydrogen-bond acceptors (Lipinski definition) is 5. The summed E-state index contributed by atoms with van der Waals surface area (Å²) in [6.45, 7) is 3.13. The van der Waals surface area contributed by atoms with Gasteiger partial charge in [0.05, 0.1) is 13.7 Å². The van der Waals surface area contributed by atoms with Crippen LogP contribution in [0.3, 0.4) is 0 Å². The van der Waals surface area contributed by atoms with Gasteiger partial charge in [0.2, 0.25) is 5.95 Å². The Kier molecular flexibility index (Phi) is 6.47. The summed E-state index contributed by atoms with van der Waals surface area (Å²) in [5.41, 5.74) is 0.679. The summed E-state index contributed by atoms with van der Waals surface area (Å²) >= 11 is 0. The van der Waals surface area contributed by atoms with Crippen LogP contribution in [0.25, 0.3) is 0 Å². The van der Waals surface area contributed by atoms with Gasteiger partial charge in [-0.3, -0.25) is 9.78 Å². The van der Waals surface area contributed by atoms with Gasteiger partial charge in [0.25, 0.3) is 5.56 Å². The molecule has 2 rings (SSSR count). The summed E-state index contributed by atoms with van der Waals surface area (Å²) in [5.74, 6) is 2.05. The van der Waals surface area contributed by atoms with Crippen LogP contribution in [0.1, 0.15) is 25.5 Å². The fraction of sp³-hybridized carbons (Fsp3) is 0.412. The third-order valence-corrected chi connectivity index (χ3v) is 3.30. The van der Waals surface area contributed by atoms with Crippen LogP contribution in [-0.4, -0.2) is 30.2 Å². The maximum Gasteiger partial charge on any atom is 0.252 e. The molecule has 0 spiro atoms. The second kappa shape index (κ2) is 8.82. The molecule has 23 heavy (non-hydrogen) atoms. The number of aromatic nitrogens is 2. The minimum absolute atomic E-state index is 0.135. The van der Waals surface area contributed by atoms with Crippen LogP contribution in [0.2, 0.25) is 0 Å². The highest BCUT2D eigenvalue weighted by atomic mass is 16.5. The number of unbranched alkanes of at least 4 members (excludes halogenated alkanes) is 1. The van der Waals surface area contributed by atoms with E-state index in [2.05, 4.69) is 22.2 Å². The molecule has 0 bridgehead atoms. The van der Waals surface area contributed by atoms with Gasteiger partial charge in [-0.25, -0.2) is 4.98 Å². The minimum atomic E-state index is -0.135. The van der Waals surface area contributed by atoms with E-state index in [9.17, 15) is 4.79 Å². The maximum atomic E-state index is 11.6. The summed E-state index contributed by atoms with van der Waals surface area (Å²) in [5, 5.41) is 3.08. The molecule has 0 aliphatic rings. The third kappa shape index (κ3) is 5.65. The zero-order valence-corrected chi connectivity index (χ0v) is 13.6. The number of H-pyrrole nitrogens is 1. The third-order valence-electron chi connectivity index (χ3n) is 3.30. The monoisotopic (exact) mass is 317 g/mol. The Morgan fingerprint density at radius 1 is 1.22 bits per heavy atom. The highest BCUT2D eigenvalue weighted by Gasteiger charge is 2.01. The van der Waals surface area contributed by atoms with E-state index in [1.54, 1.807) is 13.2 Å². The number of nitrogens with one attached hydrogen (secondary N) is 2. The van der Waals surface area contributed by atoms with E-state index in [4.69, 9.17) is 9.47 Å². The smallest absolute Gasteiger partial charge is 0.252 e. The zero-order chi connectivity index (χ0) is 16.5. The average Bonchev–Trinajstić information content (AvgIpc) is 2.57. The summed E-state index contributed by atoms with van der Waals surface area (Å²) in [6.07, 6.45) is 2.92. The lowest BCUT2D eigenvalue weighted by Crippen LogP contribution is -2.18. The lowest BCUT2D eigenvalue weighted by molar-refractivity contribution is 0.331. The van der Waals surface area contributed by atoms with Crippen molar-refractivity contribution in [3.05, 3.63) is 46.4 Å². The molecule has 6 nitrogen and oxygen atoms in total. The highest BCUT2D eigenvalue weighted by Crippen LogP contribution is 2.16. The van der Waals surface area contributed by atoms with Gasteiger partial charge in [0.1, 0.15) is 18.1 Å². The zero-order valence-electron chi connectivity index (χ0n) is 13.6. The van der Waals surface area contributed by atoms with E-state index in [1.807, 2.05) is 24.3 Å². The minimum Gasteiger partial charge on any atom is -0.497 e. The highest BCUT2D eigenvalue weighted by molar-refractivity contribution is 5.31. The Morgan fingerprint density at radius 2 is 1.96 bits per heavy atom. The molecule has 1 heterocycles. The number of nitrogens with zero attached hydrogens (tertiary/aromatic N) is 1. The number of ether oxygens (including phenoxy) is 2. The molecule has 6 heteroatoms. The van der Waals surface area contributed by atoms with Crippen LogP contribution in [0.5, 0.6) is 11.5 Å². The number of hydrogen-bond donors (Lipinski definition) is 2. The van der Waals surface area contributed by atoms with Crippen LogP contribution < -0.4 is 20.3 Å². The number of anilines is 1. The van der Waals surface area contributed by atoms with Gasteiger partial charge in [-0.2, -0.15) is 0 Å². The molecule has 2 aromatic rings. The first-order valence-corrected chi connectivity index (χ1v) is 7.82. The summed E-state index contributed by atoms with van der Waals surface area (Å²) in [7, 11) is 1.63. The SMILES string of the molecule is CCCCc1cc(=O)[nH]c(NCCOc2ccc(OC)cc2)n1. The Hall–Kier alpha value is -2.50. The van der Waals surface area contributed by atoms with E-state index in [0.717, 1.165) is 36.5 Å². The Bertz CT molecular complexity index is 653. The number of aryl methyl sites for hydroxylation is 1. The second-order valence-electron chi connectivity index (χ2n) is 5.14. The molecule has 0 fully saturated rings. The first-order valence-electron chi connectivity index (χ1n) is 7.82. The first-order chi connectivity index (χ1) is 11.2.